The SMILES string of the molecule is C/C(=C\C=C\C(C)COC(=O)N1CCCC1)[C@H]1OC(=O)CCCC[C@](C)(O)[C@@H](OC(=O)N2CCN(C)CC2)/C=C/[C@@H]1C. The second kappa shape index (κ2) is 16.1. The maximum Gasteiger partial charge on any atom is 0.410 e. The lowest BCUT2D eigenvalue weighted by Crippen LogP contribution is -2.50. The predicted octanol–water partition coefficient (Wildman–Crippen LogP) is 4.54. The van der Waals surface area contributed by atoms with Gasteiger partial charge < -0.3 is 34.0 Å². The number of allylic oxidation sites excluding steroid dienone is 2. The number of piperazine rings is 1. The van der Waals surface area contributed by atoms with Gasteiger partial charge in [0.1, 0.15) is 11.7 Å². The minimum Gasteiger partial charge on any atom is -0.457 e. The van der Waals surface area contributed by atoms with Crippen LogP contribution in [0.15, 0.2) is 36.0 Å². The first-order valence-electron chi connectivity index (χ1n) is 15.5. The van der Waals surface area contributed by atoms with Crippen LogP contribution in [0.25, 0.3) is 0 Å². The summed E-state index contributed by atoms with van der Waals surface area (Å²) in [4.78, 5) is 43.4. The third-order valence-corrected chi connectivity index (χ3v) is 8.32. The maximum absolute atomic E-state index is 13.0. The standard InChI is InChI=1S/C32H51N3O7/c1-24(23-40-30(37)34-17-8-9-18-34)11-10-12-25(2)29-26(3)14-15-27(32(4,39)16-7-6-13-28(36)42-29)41-31(38)35-21-19-33(5)20-22-35/h10-12,14-15,24,26-27,29,39H,6-9,13,16-23H2,1-5H3/b11-10+,15-14+,25-12+/t24?,26-,27-,29+,32-/m0/s1. The molecule has 3 rings (SSSR count). The molecule has 10 nitrogen and oxygen atoms in total. The topological polar surface area (TPSA) is 109 Å². The van der Waals surface area contributed by atoms with Crippen LogP contribution in [0, 0.1) is 11.8 Å². The number of likely N-dealkylation sites (N-methyl/N-ethyl adjacent to an activating group) is 1. The predicted molar refractivity (Wildman–Crippen MR) is 161 cm³/mol. The molecule has 0 aromatic carbocycles. The van der Waals surface area contributed by atoms with Gasteiger partial charge in [0.25, 0.3) is 0 Å². The van der Waals surface area contributed by atoms with Crippen LogP contribution >= 0.6 is 0 Å². The molecule has 0 aliphatic carbocycles. The Bertz CT molecular complexity index is 994. The van der Waals surface area contributed by atoms with Crippen LogP contribution in [-0.4, -0.2) is 109 Å². The molecule has 0 aromatic rings. The number of rotatable bonds is 6. The third kappa shape index (κ3) is 10.5. The van der Waals surface area contributed by atoms with Gasteiger partial charge in [-0.25, -0.2) is 9.59 Å². The van der Waals surface area contributed by atoms with E-state index in [4.69, 9.17) is 14.2 Å². The monoisotopic (exact) mass is 589 g/mol. The Morgan fingerprint density at radius 1 is 1.07 bits per heavy atom. The first-order valence-corrected chi connectivity index (χ1v) is 15.5. The average Bonchev–Trinajstić information content (AvgIpc) is 3.50. The molecule has 0 aromatic heterocycles. The highest BCUT2D eigenvalue weighted by Gasteiger charge is 2.35. The second-order valence-corrected chi connectivity index (χ2v) is 12.4. The molecule has 2 amide bonds. The molecule has 3 aliphatic heterocycles. The van der Waals surface area contributed by atoms with Crippen LogP contribution in [0.1, 0.15) is 66.2 Å². The molecule has 5 atom stereocenters. The fourth-order valence-corrected chi connectivity index (χ4v) is 5.37. The van der Waals surface area contributed by atoms with Gasteiger partial charge in [-0.05, 0) is 64.6 Å². The van der Waals surface area contributed by atoms with Gasteiger partial charge in [0.15, 0.2) is 6.10 Å². The molecule has 42 heavy (non-hydrogen) atoms. The van der Waals surface area contributed by atoms with Crippen LogP contribution in [-0.2, 0) is 19.0 Å². The fraction of sp³-hybridized carbons (Fsp3) is 0.719. The first-order chi connectivity index (χ1) is 20.0. The minimum atomic E-state index is -1.28. The van der Waals surface area contributed by atoms with Crippen molar-refractivity contribution >= 4 is 18.2 Å². The summed E-state index contributed by atoms with van der Waals surface area (Å²) in [7, 11) is 2.02. The van der Waals surface area contributed by atoms with Crippen molar-refractivity contribution in [1.29, 1.82) is 0 Å². The van der Waals surface area contributed by atoms with E-state index in [0.717, 1.165) is 44.6 Å². The third-order valence-electron chi connectivity index (χ3n) is 8.32. The summed E-state index contributed by atoms with van der Waals surface area (Å²) in [5.41, 5.74) is -0.424. The molecule has 0 spiro atoms. The fourth-order valence-electron chi connectivity index (χ4n) is 5.37. The van der Waals surface area contributed by atoms with E-state index in [1.54, 1.807) is 22.8 Å². The molecule has 10 heteroatoms. The maximum atomic E-state index is 13.0. The summed E-state index contributed by atoms with van der Waals surface area (Å²) >= 11 is 0. The van der Waals surface area contributed by atoms with Crippen LogP contribution in [0.5, 0.6) is 0 Å². The van der Waals surface area contributed by atoms with Gasteiger partial charge >= 0.3 is 18.2 Å². The van der Waals surface area contributed by atoms with Gasteiger partial charge in [-0.2, -0.15) is 0 Å². The molecule has 3 heterocycles. The molecule has 2 saturated heterocycles. The highest BCUT2D eigenvalue weighted by molar-refractivity contribution is 5.70. The van der Waals surface area contributed by atoms with E-state index in [2.05, 4.69) is 4.90 Å². The Balaban J connectivity index is 1.67. The number of ether oxygens (including phenoxy) is 3. The van der Waals surface area contributed by atoms with Crippen LogP contribution in [0.3, 0.4) is 0 Å². The van der Waals surface area contributed by atoms with E-state index in [0.29, 0.717) is 39.0 Å². The summed E-state index contributed by atoms with van der Waals surface area (Å²) < 4.78 is 17.2. The Morgan fingerprint density at radius 3 is 2.43 bits per heavy atom. The van der Waals surface area contributed by atoms with Crippen LogP contribution < -0.4 is 0 Å². The number of likely N-dealkylation sites (tertiary alicyclic amines) is 1. The van der Waals surface area contributed by atoms with Crippen LogP contribution in [0.2, 0.25) is 0 Å². The van der Waals surface area contributed by atoms with Gasteiger partial charge in [-0.1, -0.05) is 38.2 Å². The second-order valence-electron chi connectivity index (χ2n) is 12.4. The lowest BCUT2D eigenvalue weighted by Gasteiger charge is -2.36. The van der Waals surface area contributed by atoms with E-state index in [1.165, 1.54) is 0 Å². The summed E-state index contributed by atoms with van der Waals surface area (Å²) in [6, 6.07) is 0. The number of carbonyl (C=O) groups excluding carboxylic acids is 3. The van der Waals surface area contributed by atoms with Crippen molar-refractivity contribution in [2.75, 3.05) is 52.9 Å². The highest BCUT2D eigenvalue weighted by Crippen LogP contribution is 2.27. The van der Waals surface area contributed by atoms with E-state index < -0.39 is 23.9 Å². The minimum absolute atomic E-state index is 0.0229. The van der Waals surface area contributed by atoms with Gasteiger partial charge in [-0.15, -0.1) is 0 Å². The number of carbonyl (C=O) groups is 3. The summed E-state index contributed by atoms with van der Waals surface area (Å²) in [6.07, 6.45) is 11.2. The quantitative estimate of drug-likeness (QED) is 0.208. The normalized spacial score (nSPS) is 30.3. The highest BCUT2D eigenvalue weighted by atomic mass is 16.6. The van der Waals surface area contributed by atoms with Crippen molar-refractivity contribution in [3.05, 3.63) is 36.0 Å². The molecule has 3 aliphatic rings. The summed E-state index contributed by atoms with van der Waals surface area (Å²) in [5.74, 6) is -0.496. The summed E-state index contributed by atoms with van der Waals surface area (Å²) in [5, 5.41) is 11.3. The van der Waals surface area contributed by atoms with Crippen molar-refractivity contribution in [3.8, 4) is 0 Å². The van der Waals surface area contributed by atoms with Gasteiger partial charge in [0.2, 0.25) is 0 Å². The van der Waals surface area contributed by atoms with Crippen molar-refractivity contribution in [2.45, 2.75) is 84.0 Å². The van der Waals surface area contributed by atoms with Crippen molar-refractivity contribution in [1.82, 2.24) is 14.7 Å². The average molecular weight is 590 g/mol. The zero-order chi connectivity index (χ0) is 30.7. The largest absolute Gasteiger partial charge is 0.457 e. The molecule has 236 valence electrons. The molecule has 0 bridgehead atoms. The van der Waals surface area contributed by atoms with Crippen molar-refractivity contribution in [3.63, 3.8) is 0 Å². The molecule has 1 N–H and O–H groups in total. The molecule has 0 saturated carbocycles. The number of esters is 1. The van der Waals surface area contributed by atoms with Crippen molar-refractivity contribution in [2.24, 2.45) is 11.8 Å². The Kier molecular flexibility index (Phi) is 12.9. The number of hydrogen-bond acceptors (Lipinski definition) is 8. The lowest BCUT2D eigenvalue weighted by molar-refractivity contribution is -0.149. The van der Waals surface area contributed by atoms with E-state index >= 15 is 0 Å². The van der Waals surface area contributed by atoms with Gasteiger partial charge in [0, 0.05) is 57.5 Å². The zero-order valence-electron chi connectivity index (χ0n) is 26.1. The zero-order valence-corrected chi connectivity index (χ0v) is 26.1. The van der Waals surface area contributed by atoms with E-state index in [-0.39, 0.29) is 30.3 Å². The van der Waals surface area contributed by atoms with Crippen molar-refractivity contribution < 1.29 is 33.7 Å². The Labute approximate surface area is 251 Å². The lowest BCUT2D eigenvalue weighted by atomic mass is 9.89. The number of nitrogens with zero attached hydrogens (tertiary/aromatic N) is 3. The Morgan fingerprint density at radius 2 is 1.74 bits per heavy atom. The van der Waals surface area contributed by atoms with E-state index in [9.17, 15) is 19.5 Å². The Hall–Kier alpha value is -2.85. The van der Waals surface area contributed by atoms with E-state index in [1.807, 2.05) is 52.1 Å². The van der Waals surface area contributed by atoms with Gasteiger partial charge in [0.05, 0.1) is 6.61 Å². The summed E-state index contributed by atoms with van der Waals surface area (Å²) in [6.45, 7) is 12.1. The molecule has 2 fully saturated rings. The van der Waals surface area contributed by atoms with Gasteiger partial charge in [-0.3, -0.25) is 4.79 Å². The number of amides is 2. The molecular weight excluding hydrogens is 538 g/mol. The number of cyclic esters (lactones) is 1. The smallest absolute Gasteiger partial charge is 0.410 e. The van der Waals surface area contributed by atoms with Crippen LogP contribution in [0.4, 0.5) is 9.59 Å². The molecule has 0 radical (unpaired) electrons. The number of hydrogen-bond donors (Lipinski definition) is 1. The first kappa shape index (κ1) is 33.6. The number of aliphatic hydroxyl groups is 1. The molecule has 1 unspecified atom stereocenters. The molecular formula is C32H51N3O7.